The minimum Gasteiger partial charge on any atom is -0.459 e. The third-order valence-corrected chi connectivity index (χ3v) is 20.3. The first-order valence-corrected chi connectivity index (χ1v) is 29.5. The third-order valence-electron chi connectivity index (χ3n) is 20.3. The molecule has 13 nitrogen and oxygen atoms in total. The van der Waals surface area contributed by atoms with Crippen molar-refractivity contribution in [2.45, 2.75) is 184 Å². The number of aliphatic hydroxyl groups is 2. The molecule has 11 unspecified atom stereocenters. The van der Waals surface area contributed by atoms with Gasteiger partial charge in [0.15, 0.2) is 11.4 Å². The van der Waals surface area contributed by atoms with E-state index >= 15 is 14.4 Å². The van der Waals surface area contributed by atoms with E-state index < -0.39 is 40.4 Å². The molecular weight excluding hydrogens is 953 g/mol. The topological polar surface area (TPSA) is 200 Å². The predicted molar refractivity (Wildman–Crippen MR) is 295 cm³/mol. The summed E-state index contributed by atoms with van der Waals surface area (Å²) in [6, 6.07) is 5.55. The van der Waals surface area contributed by atoms with Crippen molar-refractivity contribution in [3.8, 4) is 0 Å². The lowest BCUT2D eigenvalue weighted by Crippen LogP contribution is -2.63. The highest BCUT2D eigenvalue weighted by atomic mass is 16.7. The number of esters is 1. The molecule has 1 aromatic carbocycles. The molecule has 0 aromatic heterocycles. The molecule has 410 valence electrons. The predicted octanol–water partition coefficient (Wildman–Crippen LogP) is 8.32. The van der Waals surface area contributed by atoms with Crippen LogP contribution in [-0.2, 0) is 20.7 Å². The van der Waals surface area contributed by atoms with E-state index in [4.69, 9.17) is 15.2 Å². The largest absolute Gasteiger partial charge is 0.459 e. The van der Waals surface area contributed by atoms with Crippen LogP contribution < -0.4 is 32.3 Å². The monoisotopic (exact) mass is 1040 g/mol. The second-order valence-corrected chi connectivity index (χ2v) is 25.1. The molecule has 0 amide bonds. The van der Waals surface area contributed by atoms with Crippen molar-refractivity contribution in [1.82, 2.24) is 26.6 Å². The van der Waals surface area contributed by atoms with Gasteiger partial charge in [-0.25, -0.2) is 4.79 Å². The minimum absolute atomic E-state index is 0.0548. The van der Waals surface area contributed by atoms with Crippen molar-refractivity contribution in [2.75, 3.05) is 33.4 Å². The highest BCUT2D eigenvalue weighted by Crippen LogP contribution is 2.61. The van der Waals surface area contributed by atoms with Crippen LogP contribution in [0.4, 0.5) is 0 Å². The summed E-state index contributed by atoms with van der Waals surface area (Å²) >= 11 is 0. The second-order valence-electron chi connectivity index (χ2n) is 25.1. The number of hydrogen-bond donors (Lipinski definition) is 8. The highest BCUT2D eigenvalue weighted by molar-refractivity contribution is 6.33. The van der Waals surface area contributed by atoms with Gasteiger partial charge in [0.25, 0.3) is 5.60 Å². The number of hydrogen-bond acceptors (Lipinski definition) is 13. The van der Waals surface area contributed by atoms with Gasteiger partial charge in [-0.15, -0.1) is 0 Å². The molecule has 11 rings (SSSR count). The van der Waals surface area contributed by atoms with Gasteiger partial charge in [-0.2, -0.15) is 0 Å². The van der Waals surface area contributed by atoms with Gasteiger partial charge in [0.05, 0.1) is 18.9 Å². The Morgan fingerprint density at radius 3 is 2.62 bits per heavy atom. The van der Waals surface area contributed by atoms with Crippen LogP contribution in [-0.4, -0.2) is 96.3 Å². The number of Topliss-reactive ketones (excluding diaryl/α,β-unsaturated/α-hetero) is 2. The number of carbonyl (C=O) groups excluding carboxylic acids is 3. The maximum atomic E-state index is 16.1. The molecule has 13 heteroatoms. The maximum Gasteiger partial charge on any atom is 0.350 e. The number of epoxide rings is 1. The zero-order valence-corrected chi connectivity index (χ0v) is 45.6. The van der Waals surface area contributed by atoms with Crippen molar-refractivity contribution in [1.29, 1.82) is 0 Å². The highest BCUT2D eigenvalue weighted by Gasteiger charge is 2.86. The van der Waals surface area contributed by atoms with Crippen molar-refractivity contribution < 1.29 is 34.1 Å². The minimum atomic E-state index is -2.26. The Labute approximate surface area is 451 Å². The van der Waals surface area contributed by atoms with Gasteiger partial charge in [0.1, 0.15) is 11.9 Å². The molecule has 1 saturated heterocycles. The molecule has 5 aliphatic heterocycles. The normalized spacial score (nSPS) is 36.4. The lowest BCUT2D eigenvalue weighted by Gasteiger charge is -2.55. The fraction of sp³-hybridized carbons (Fsp3) is 0.635. The smallest absolute Gasteiger partial charge is 0.350 e. The molecule has 4 bridgehead atoms. The summed E-state index contributed by atoms with van der Waals surface area (Å²) < 4.78 is 13.9. The Bertz CT molecular complexity index is 2660. The molecule has 5 aliphatic carbocycles. The molecular formula is C63H86N6O7. The Morgan fingerprint density at radius 1 is 0.987 bits per heavy atom. The Morgan fingerprint density at radius 2 is 1.83 bits per heavy atom. The maximum absolute atomic E-state index is 16.1. The quantitative estimate of drug-likeness (QED) is 0.0384. The summed E-state index contributed by atoms with van der Waals surface area (Å²) in [7, 11) is 1.96. The average Bonchev–Trinajstić information content (AvgIpc) is 4.17. The van der Waals surface area contributed by atoms with E-state index in [1.165, 1.54) is 48.8 Å². The summed E-state index contributed by atoms with van der Waals surface area (Å²) in [6.45, 7) is 5.47. The third kappa shape index (κ3) is 9.86. The van der Waals surface area contributed by atoms with Crippen LogP contribution in [0.2, 0.25) is 0 Å². The number of benzene rings is 1. The van der Waals surface area contributed by atoms with E-state index in [1.807, 2.05) is 38.4 Å². The number of rotatable bonds is 14. The summed E-state index contributed by atoms with van der Waals surface area (Å²) in [5.74, 6) is 0.266. The van der Waals surface area contributed by atoms with E-state index in [9.17, 15) is 10.2 Å². The summed E-state index contributed by atoms with van der Waals surface area (Å²) in [5, 5.41) is 39.9. The van der Waals surface area contributed by atoms with Crippen molar-refractivity contribution in [3.05, 3.63) is 117 Å². The number of allylic oxidation sites excluding steroid dienone is 8. The molecule has 1 aromatic rings. The number of ketones is 2. The van der Waals surface area contributed by atoms with Gasteiger partial charge in [-0.05, 0) is 185 Å². The van der Waals surface area contributed by atoms with Gasteiger partial charge >= 0.3 is 5.97 Å². The number of carbonyl (C=O) groups is 3. The number of dihydropyridines is 2. The first-order chi connectivity index (χ1) is 36.8. The number of ether oxygens (including phenoxy) is 2. The molecule has 76 heavy (non-hydrogen) atoms. The van der Waals surface area contributed by atoms with Crippen LogP contribution >= 0.6 is 0 Å². The van der Waals surface area contributed by atoms with Crippen LogP contribution in [0.3, 0.4) is 0 Å². The standard InChI is InChI=1S/C63H86N6O7/c1-39(18-20-43-25-29-66-58-48(43)21-23-53(65-3)69-58)47(38-71)35-62-56(72)49-17-10-16-46-33-60(2,32-41-19-22-52(64)67-36-41)27-8-7-13-42-14-9-15-45-34-61(68-37-40-11-5-4-6-12-40)28-24-44(26-30-70)55(51(61)31-50(42)45)75-59(74)63(62,76-62)57(73)54(46)49/h9-10,15-17,19,22,25,34,36,40,42,44,50-53,55,65-71H,4-8,11-14,18,20-21,23-24,26-33,35,37-38,64H2,1-3H3. The number of nitrogens with one attached hydrogen (secondary N) is 5. The molecule has 0 radical (unpaired) electrons. The van der Waals surface area contributed by atoms with Gasteiger partial charge in [0, 0.05) is 48.4 Å². The van der Waals surface area contributed by atoms with Crippen LogP contribution in [0.15, 0.2) is 100 Å². The lowest BCUT2D eigenvalue weighted by atomic mass is 9.56. The summed E-state index contributed by atoms with van der Waals surface area (Å²) in [6.07, 6.45) is 33.2. The first kappa shape index (κ1) is 53.4. The molecule has 9 N–H and O–H groups in total. The zero-order valence-electron chi connectivity index (χ0n) is 45.6. The van der Waals surface area contributed by atoms with Crippen molar-refractivity contribution in [2.24, 2.45) is 40.7 Å². The Kier molecular flexibility index (Phi) is 15.4. The van der Waals surface area contributed by atoms with Gasteiger partial charge in [0.2, 0.25) is 5.78 Å². The first-order valence-electron chi connectivity index (χ1n) is 29.5. The fourth-order valence-electron chi connectivity index (χ4n) is 15.9. The molecule has 2 saturated carbocycles. The van der Waals surface area contributed by atoms with Crippen molar-refractivity contribution in [3.63, 3.8) is 0 Å². The molecule has 1 spiro atoms. The van der Waals surface area contributed by atoms with Crippen molar-refractivity contribution >= 4 is 17.5 Å². The van der Waals surface area contributed by atoms with Gasteiger partial charge < -0.3 is 52.0 Å². The fourth-order valence-corrected chi connectivity index (χ4v) is 15.9. The lowest BCUT2D eigenvalue weighted by molar-refractivity contribution is -0.167. The van der Waals surface area contributed by atoms with E-state index in [0.29, 0.717) is 43.2 Å². The van der Waals surface area contributed by atoms with Crippen LogP contribution in [0.25, 0.3) is 0 Å². The molecule has 11 atom stereocenters. The van der Waals surface area contributed by atoms with Crippen LogP contribution in [0, 0.1) is 35.0 Å². The van der Waals surface area contributed by atoms with E-state index in [0.717, 1.165) is 106 Å². The van der Waals surface area contributed by atoms with E-state index in [1.54, 1.807) is 6.07 Å². The second kappa shape index (κ2) is 21.9. The number of aliphatic hydroxyl groups excluding tert-OH is 2. The summed E-state index contributed by atoms with van der Waals surface area (Å²) in [5.41, 5.74) is 8.99. The molecule has 10 aliphatic rings. The summed E-state index contributed by atoms with van der Waals surface area (Å²) in [4.78, 5) is 48.0. The number of nitrogens with two attached hydrogens (primary N) is 1. The van der Waals surface area contributed by atoms with Crippen LogP contribution in [0.1, 0.15) is 169 Å². The Hall–Kier alpha value is -4.63. The van der Waals surface area contributed by atoms with Crippen LogP contribution in [0.5, 0.6) is 0 Å². The Balaban J connectivity index is 0.995. The average molecular weight is 1040 g/mol. The van der Waals surface area contributed by atoms with Gasteiger partial charge in [-0.3, -0.25) is 9.59 Å². The van der Waals surface area contributed by atoms with E-state index in [-0.39, 0.29) is 66.3 Å². The molecule has 3 fully saturated rings. The van der Waals surface area contributed by atoms with E-state index in [2.05, 4.69) is 63.9 Å². The molecule has 5 heterocycles. The zero-order chi connectivity index (χ0) is 52.8. The SMILES string of the molecule is CNC1CCC2=C(NCC=C2CCC(C)=C(CO)CC23OC24C(=O)OC2C(CCO)CCC5(NCC6CCCCC6)C=C6C=CCC(CCCCC(C)(CC7=CNC(N)C=C7)Cc7cccc(c7C4=O)C3=O)C6CC25)N1. The van der Waals surface area contributed by atoms with Gasteiger partial charge in [-0.1, -0.05) is 93.2 Å².